The molecular weight excluding hydrogens is 397 g/mol. The first-order chi connectivity index (χ1) is 12.6. The van der Waals surface area contributed by atoms with E-state index < -0.39 is 0 Å². The monoisotopic (exact) mass is 413 g/mol. The number of methoxy groups -OCH3 is 1. The summed E-state index contributed by atoms with van der Waals surface area (Å²) in [6.45, 7) is 0.496. The molecule has 0 aliphatic carbocycles. The molecule has 5 heteroatoms. The predicted octanol–water partition coefficient (Wildman–Crippen LogP) is 5.47. The second kappa shape index (κ2) is 7.17. The van der Waals surface area contributed by atoms with Crippen LogP contribution >= 0.6 is 15.9 Å². The quantitative estimate of drug-likeness (QED) is 0.570. The SMILES string of the molecule is COc1cc(-c2ccc(C3Cc4cc(Br)ccc4CO3)c(F)c2)ccn1. The third kappa shape index (κ3) is 3.37. The minimum atomic E-state index is -0.280. The van der Waals surface area contributed by atoms with Crippen LogP contribution in [-0.4, -0.2) is 12.1 Å². The number of fused-ring (bicyclic) bond motifs is 1. The van der Waals surface area contributed by atoms with Crippen LogP contribution in [0.25, 0.3) is 11.1 Å². The molecule has 2 heterocycles. The molecule has 132 valence electrons. The largest absolute Gasteiger partial charge is 0.481 e. The lowest BCUT2D eigenvalue weighted by Gasteiger charge is -2.26. The minimum absolute atomic E-state index is 0.262. The molecule has 1 aliphatic rings. The van der Waals surface area contributed by atoms with E-state index in [0.717, 1.165) is 21.2 Å². The van der Waals surface area contributed by atoms with Crippen LogP contribution in [0.1, 0.15) is 22.8 Å². The fraction of sp³-hybridized carbons (Fsp3) is 0.190. The summed E-state index contributed by atoms with van der Waals surface area (Å²) in [6, 6.07) is 15.0. The molecular formula is C21H17BrFNO2. The average molecular weight is 414 g/mol. The summed E-state index contributed by atoms with van der Waals surface area (Å²) in [5.74, 6) is 0.242. The molecule has 1 unspecified atom stereocenters. The van der Waals surface area contributed by atoms with Crippen LogP contribution in [0, 0.1) is 5.82 Å². The Balaban J connectivity index is 1.62. The van der Waals surface area contributed by atoms with Crippen molar-refractivity contribution < 1.29 is 13.9 Å². The molecule has 1 aliphatic heterocycles. The Morgan fingerprint density at radius 3 is 2.73 bits per heavy atom. The molecule has 3 aromatic rings. The molecule has 2 aromatic carbocycles. The fourth-order valence-electron chi connectivity index (χ4n) is 3.24. The zero-order chi connectivity index (χ0) is 18.1. The van der Waals surface area contributed by atoms with Gasteiger partial charge in [-0.05, 0) is 46.5 Å². The van der Waals surface area contributed by atoms with Crippen LogP contribution in [-0.2, 0) is 17.8 Å². The van der Waals surface area contributed by atoms with Crippen LogP contribution in [0.15, 0.2) is 59.2 Å². The first-order valence-corrected chi connectivity index (χ1v) is 9.12. The van der Waals surface area contributed by atoms with Crippen LogP contribution in [0.3, 0.4) is 0 Å². The van der Waals surface area contributed by atoms with Gasteiger partial charge in [-0.25, -0.2) is 9.37 Å². The number of pyridine rings is 1. The molecule has 0 amide bonds. The van der Waals surface area contributed by atoms with Crippen LogP contribution in [0.5, 0.6) is 5.88 Å². The zero-order valence-electron chi connectivity index (χ0n) is 14.2. The van der Waals surface area contributed by atoms with Gasteiger partial charge in [0.2, 0.25) is 5.88 Å². The third-order valence-electron chi connectivity index (χ3n) is 4.64. The lowest BCUT2D eigenvalue weighted by Crippen LogP contribution is -2.16. The Labute approximate surface area is 159 Å². The molecule has 4 rings (SSSR count). The smallest absolute Gasteiger partial charge is 0.213 e. The van der Waals surface area contributed by atoms with Gasteiger partial charge in [0.25, 0.3) is 0 Å². The Morgan fingerprint density at radius 1 is 1.08 bits per heavy atom. The second-order valence-electron chi connectivity index (χ2n) is 6.24. The van der Waals surface area contributed by atoms with Crippen molar-refractivity contribution >= 4 is 15.9 Å². The highest BCUT2D eigenvalue weighted by molar-refractivity contribution is 9.10. The van der Waals surface area contributed by atoms with Crippen LogP contribution in [0.4, 0.5) is 4.39 Å². The lowest BCUT2D eigenvalue weighted by atomic mass is 9.93. The van der Waals surface area contributed by atoms with Crippen molar-refractivity contribution in [3.63, 3.8) is 0 Å². The number of hydrogen-bond donors (Lipinski definition) is 0. The molecule has 0 bridgehead atoms. The van der Waals surface area contributed by atoms with E-state index in [4.69, 9.17) is 9.47 Å². The summed E-state index contributed by atoms with van der Waals surface area (Å²) in [6.07, 6.45) is 2.03. The van der Waals surface area contributed by atoms with E-state index in [-0.39, 0.29) is 11.9 Å². The third-order valence-corrected chi connectivity index (χ3v) is 5.13. The normalized spacial score (nSPS) is 16.2. The van der Waals surface area contributed by atoms with Gasteiger partial charge >= 0.3 is 0 Å². The Morgan fingerprint density at radius 2 is 1.92 bits per heavy atom. The number of aromatic nitrogens is 1. The number of benzene rings is 2. The number of ether oxygens (including phenoxy) is 2. The highest BCUT2D eigenvalue weighted by Gasteiger charge is 2.23. The van der Waals surface area contributed by atoms with Gasteiger partial charge < -0.3 is 9.47 Å². The van der Waals surface area contributed by atoms with E-state index in [9.17, 15) is 4.39 Å². The summed E-state index contributed by atoms with van der Waals surface area (Å²) >= 11 is 3.50. The molecule has 3 nitrogen and oxygen atoms in total. The second-order valence-corrected chi connectivity index (χ2v) is 7.16. The van der Waals surface area contributed by atoms with Crippen molar-refractivity contribution in [2.45, 2.75) is 19.1 Å². The summed E-state index contributed by atoms with van der Waals surface area (Å²) in [5.41, 5.74) is 4.58. The molecule has 0 N–H and O–H groups in total. The summed E-state index contributed by atoms with van der Waals surface area (Å²) < 4.78 is 26.9. The van der Waals surface area contributed by atoms with Gasteiger partial charge in [-0.3, -0.25) is 0 Å². The van der Waals surface area contributed by atoms with E-state index in [1.165, 1.54) is 5.56 Å². The molecule has 0 radical (unpaired) electrons. The van der Waals surface area contributed by atoms with Crippen molar-refractivity contribution in [3.8, 4) is 17.0 Å². The first-order valence-electron chi connectivity index (χ1n) is 8.33. The average Bonchev–Trinajstić information content (AvgIpc) is 2.67. The summed E-state index contributed by atoms with van der Waals surface area (Å²) in [5, 5.41) is 0. The maximum absolute atomic E-state index is 14.8. The highest BCUT2D eigenvalue weighted by Crippen LogP contribution is 2.34. The Hall–Kier alpha value is -2.24. The minimum Gasteiger partial charge on any atom is -0.481 e. The van der Waals surface area contributed by atoms with Gasteiger partial charge in [0.1, 0.15) is 5.82 Å². The standard InChI is InChI=1S/C21H17BrFNO2/c1-25-21-11-14(6-7-24-21)13-3-5-18(19(23)9-13)20-10-16-8-17(22)4-2-15(16)12-26-20/h2-9,11,20H,10,12H2,1H3. The molecule has 0 saturated carbocycles. The maximum atomic E-state index is 14.8. The van der Waals surface area contributed by atoms with E-state index in [2.05, 4.69) is 27.0 Å². The first kappa shape index (κ1) is 17.2. The van der Waals surface area contributed by atoms with Crippen LogP contribution in [0.2, 0.25) is 0 Å². The number of rotatable bonds is 3. The van der Waals surface area contributed by atoms with E-state index in [1.54, 1.807) is 25.4 Å². The van der Waals surface area contributed by atoms with Gasteiger partial charge in [-0.1, -0.05) is 34.1 Å². The van der Waals surface area contributed by atoms with Crippen molar-refractivity contribution in [2.75, 3.05) is 7.11 Å². The molecule has 1 aromatic heterocycles. The zero-order valence-corrected chi connectivity index (χ0v) is 15.8. The summed E-state index contributed by atoms with van der Waals surface area (Å²) in [4.78, 5) is 4.09. The Kier molecular flexibility index (Phi) is 4.74. The molecule has 0 fully saturated rings. The number of halogens is 2. The van der Waals surface area contributed by atoms with Gasteiger partial charge in [0.15, 0.2) is 0 Å². The van der Waals surface area contributed by atoms with Crippen molar-refractivity contribution in [3.05, 3.63) is 81.7 Å². The van der Waals surface area contributed by atoms with E-state index >= 15 is 0 Å². The van der Waals surface area contributed by atoms with Gasteiger partial charge in [0, 0.05) is 28.7 Å². The Bertz CT molecular complexity index is 960. The molecule has 26 heavy (non-hydrogen) atoms. The van der Waals surface area contributed by atoms with Crippen LogP contribution < -0.4 is 4.74 Å². The highest BCUT2D eigenvalue weighted by atomic mass is 79.9. The van der Waals surface area contributed by atoms with Crippen molar-refractivity contribution in [1.82, 2.24) is 4.98 Å². The fourth-order valence-corrected chi connectivity index (χ4v) is 3.65. The summed E-state index contributed by atoms with van der Waals surface area (Å²) in [7, 11) is 1.56. The van der Waals surface area contributed by atoms with Gasteiger partial charge in [-0.2, -0.15) is 0 Å². The van der Waals surface area contributed by atoms with Crippen molar-refractivity contribution in [1.29, 1.82) is 0 Å². The topological polar surface area (TPSA) is 31.4 Å². The number of hydrogen-bond acceptors (Lipinski definition) is 3. The molecule has 1 atom stereocenters. The van der Waals surface area contributed by atoms with E-state index in [0.29, 0.717) is 24.5 Å². The van der Waals surface area contributed by atoms with Crippen molar-refractivity contribution in [2.24, 2.45) is 0 Å². The van der Waals surface area contributed by atoms with E-state index in [1.807, 2.05) is 30.3 Å². The van der Waals surface area contributed by atoms with Gasteiger partial charge in [0.05, 0.1) is 19.8 Å². The van der Waals surface area contributed by atoms with Gasteiger partial charge in [-0.15, -0.1) is 0 Å². The molecule has 0 saturated heterocycles. The molecule has 0 spiro atoms. The predicted molar refractivity (Wildman–Crippen MR) is 102 cm³/mol. The number of nitrogens with zero attached hydrogens (tertiary/aromatic N) is 1. The maximum Gasteiger partial charge on any atom is 0.213 e. The lowest BCUT2D eigenvalue weighted by molar-refractivity contribution is 0.0252.